The van der Waals surface area contributed by atoms with Crippen LogP contribution in [0, 0.1) is 13.8 Å². The van der Waals surface area contributed by atoms with E-state index in [1.54, 1.807) is 22.3 Å². The number of rotatable bonds is 4. The molecule has 108 valence electrons. The number of aromatic nitrogens is 4. The number of nitrogens with zero attached hydrogens (tertiary/aromatic N) is 4. The van der Waals surface area contributed by atoms with Crippen molar-refractivity contribution in [2.24, 2.45) is 0 Å². The molecule has 0 spiro atoms. The molecule has 1 aromatic carbocycles. The Morgan fingerprint density at radius 3 is 2.71 bits per heavy atom. The number of hydrogen-bond donors (Lipinski definition) is 1. The third kappa shape index (κ3) is 2.80. The highest BCUT2D eigenvalue weighted by atomic mass is 32.1. The second kappa shape index (κ2) is 5.65. The van der Waals surface area contributed by atoms with Crippen LogP contribution in [-0.2, 0) is 0 Å². The fraction of sp³-hybridized carbons (Fsp3) is 0.267. The smallest absolute Gasteiger partial charge is 0.138 e. The third-order valence-electron chi connectivity index (χ3n) is 3.27. The molecular formula is C15H17N5S. The van der Waals surface area contributed by atoms with E-state index in [2.05, 4.69) is 40.3 Å². The fourth-order valence-electron chi connectivity index (χ4n) is 2.38. The van der Waals surface area contributed by atoms with E-state index in [1.807, 2.05) is 25.1 Å². The van der Waals surface area contributed by atoms with Crippen LogP contribution in [0.25, 0.3) is 5.69 Å². The second-order valence-corrected chi connectivity index (χ2v) is 6.14. The molecule has 1 N–H and O–H groups in total. The molecule has 0 bridgehead atoms. The predicted octanol–water partition coefficient (Wildman–Crippen LogP) is 3.51. The van der Waals surface area contributed by atoms with Gasteiger partial charge in [-0.25, -0.2) is 14.6 Å². The number of hydrogen-bond acceptors (Lipinski definition) is 5. The van der Waals surface area contributed by atoms with Crippen LogP contribution in [0.1, 0.15) is 28.5 Å². The van der Waals surface area contributed by atoms with Gasteiger partial charge in [-0.3, -0.25) is 0 Å². The lowest BCUT2D eigenvalue weighted by molar-refractivity contribution is 0.855. The van der Waals surface area contributed by atoms with E-state index >= 15 is 0 Å². The summed E-state index contributed by atoms with van der Waals surface area (Å²) >= 11 is 1.74. The molecule has 0 aliphatic heterocycles. The summed E-state index contributed by atoms with van der Waals surface area (Å²) in [6, 6.07) is 8.28. The molecule has 0 fully saturated rings. The first-order valence-corrected chi connectivity index (χ1v) is 7.61. The number of anilines is 1. The van der Waals surface area contributed by atoms with Crippen molar-refractivity contribution in [1.29, 1.82) is 0 Å². The van der Waals surface area contributed by atoms with Gasteiger partial charge < -0.3 is 5.32 Å². The Morgan fingerprint density at radius 2 is 2.05 bits per heavy atom. The summed E-state index contributed by atoms with van der Waals surface area (Å²) in [5.41, 5.74) is 3.11. The Hall–Kier alpha value is -2.21. The van der Waals surface area contributed by atoms with Crippen molar-refractivity contribution in [3.63, 3.8) is 0 Å². The maximum atomic E-state index is 4.50. The molecule has 0 aliphatic rings. The number of benzene rings is 1. The highest BCUT2D eigenvalue weighted by molar-refractivity contribution is 7.11. The average molecular weight is 299 g/mol. The summed E-state index contributed by atoms with van der Waals surface area (Å²) in [7, 11) is 0. The van der Waals surface area contributed by atoms with Crippen molar-refractivity contribution < 1.29 is 0 Å². The lowest BCUT2D eigenvalue weighted by Crippen LogP contribution is -2.09. The van der Waals surface area contributed by atoms with Crippen molar-refractivity contribution in [2.45, 2.75) is 26.8 Å². The van der Waals surface area contributed by atoms with Gasteiger partial charge >= 0.3 is 0 Å². The average Bonchev–Trinajstić information content (AvgIpc) is 3.09. The van der Waals surface area contributed by atoms with E-state index in [0.717, 1.165) is 22.1 Å². The Bertz CT molecular complexity index is 732. The number of thiazole rings is 1. The molecule has 3 rings (SSSR count). The van der Waals surface area contributed by atoms with Crippen LogP contribution in [-0.4, -0.2) is 19.7 Å². The van der Waals surface area contributed by atoms with Crippen LogP contribution >= 0.6 is 11.3 Å². The lowest BCUT2D eigenvalue weighted by atomic mass is 10.2. The van der Waals surface area contributed by atoms with Crippen molar-refractivity contribution in [2.75, 3.05) is 5.32 Å². The number of para-hydroxylation sites is 2. The SMILES string of the molecule is Cc1nc(C)c(C(C)Nc2ccccc2-n2cncn2)s1. The van der Waals surface area contributed by atoms with E-state index in [9.17, 15) is 0 Å². The zero-order valence-corrected chi connectivity index (χ0v) is 13.1. The monoisotopic (exact) mass is 299 g/mol. The summed E-state index contributed by atoms with van der Waals surface area (Å²) < 4.78 is 1.76. The second-order valence-electron chi connectivity index (χ2n) is 4.91. The van der Waals surface area contributed by atoms with Gasteiger partial charge in [-0.2, -0.15) is 5.10 Å². The molecule has 2 aromatic heterocycles. The topological polar surface area (TPSA) is 55.6 Å². The van der Waals surface area contributed by atoms with Crippen LogP contribution in [0.2, 0.25) is 0 Å². The summed E-state index contributed by atoms with van der Waals surface area (Å²) in [6.07, 6.45) is 3.24. The Labute approximate surface area is 127 Å². The Kier molecular flexibility index (Phi) is 3.70. The third-order valence-corrected chi connectivity index (χ3v) is 4.53. The van der Waals surface area contributed by atoms with Crippen LogP contribution in [0.3, 0.4) is 0 Å². The molecule has 0 aliphatic carbocycles. The van der Waals surface area contributed by atoms with E-state index in [0.29, 0.717) is 0 Å². The maximum absolute atomic E-state index is 4.50. The largest absolute Gasteiger partial charge is 0.376 e. The zero-order valence-electron chi connectivity index (χ0n) is 12.2. The summed E-state index contributed by atoms with van der Waals surface area (Å²) in [5.74, 6) is 0. The van der Waals surface area contributed by atoms with Crippen LogP contribution in [0.4, 0.5) is 5.69 Å². The molecule has 0 amide bonds. The molecule has 0 saturated heterocycles. The van der Waals surface area contributed by atoms with Gasteiger partial charge in [-0.05, 0) is 32.9 Å². The van der Waals surface area contributed by atoms with Crippen molar-refractivity contribution in [1.82, 2.24) is 19.7 Å². The van der Waals surface area contributed by atoms with Crippen LogP contribution < -0.4 is 5.32 Å². The molecule has 2 heterocycles. The highest BCUT2D eigenvalue weighted by Crippen LogP contribution is 2.29. The van der Waals surface area contributed by atoms with Gasteiger partial charge in [-0.15, -0.1) is 11.3 Å². The van der Waals surface area contributed by atoms with Crippen molar-refractivity contribution in [3.8, 4) is 5.69 Å². The first kappa shape index (κ1) is 13.8. The first-order valence-electron chi connectivity index (χ1n) is 6.79. The summed E-state index contributed by atoms with van der Waals surface area (Å²) in [4.78, 5) is 9.77. The van der Waals surface area contributed by atoms with E-state index in [4.69, 9.17) is 0 Å². The predicted molar refractivity (Wildman–Crippen MR) is 85.0 cm³/mol. The standard InChI is InChI=1S/C15H17N5S/c1-10-15(21-12(3)18-10)11(2)19-13-6-4-5-7-14(13)20-9-16-8-17-20/h4-9,11,19H,1-3H3. The quantitative estimate of drug-likeness (QED) is 0.801. The van der Waals surface area contributed by atoms with Crippen molar-refractivity contribution >= 4 is 17.0 Å². The number of nitrogens with one attached hydrogen (secondary N) is 1. The van der Waals surface area contributed by atoms with E-state index < -0.39 is 0 Å². The minimum atomic E-state index is 0.195. The van der Waals surface area contributed by atoms with Gasteiger partial charge in [0.25, 0.3) is 0 Å². The Morgan fingerprint density at radius 1 is 1.24 bits per heavy atom. The van der Waals surface area contributed by atoms with Gasteiger partial charge in [-0.1, -0.05) is 12.1 Å². The maximum Gasteiger partial charge on any atom is 0.138 e. The van der Waals surface area contributed by atoms with Crippen molar-refractivity contribution in [3.05, 3.63) is 52.5 Å². The van der Waals surface area contributed by atoms with Crippen LogP contribution in [0.5, 0.6) is 0 Å². The highest BCUT2D eigenvalue weighted by Gasteiger charge is 2.14. The normalized spacial score (nSPS) is 12.3. The number of aryl methyl sites for hydroxylation is 2. The molecule has 0 radical (unpaired) electrons. The molecule has 1 atom stereocenters. The van der Waals surface area contributed by atoms with E-state index in [-0.39, 0.29) is 6.04 Å². The van der Waals surface area contributed by atoms with Gasteiger partial charge in [0.05, 0.1) is 28.1 Å². The molecule has 1 unspecified atom stereocenters. The molecule has 5 nitrogen and oxygen atoms in total. The Balaban J connectivity index is 1.90. The molecule has 3 aromatic rings. The van der Waals surface area contributed by atoms with Gasteiger partial charge in [0.2, 0.25) is 0 Å². The van der Waals surface area contributed by atoms with Gasteiger partial charge in [0.1, 0.15) is 12.7 Å². The first-order chi connectivity index (χ1) is 10.1. The minimum absolute atomic E-state index is 0.195. The molecule has 6 heteroatoms. The van der Waals surface area contributed by atoms with Crippen LogP contribution in [0.15, 0.2) is 36.9 Å². The lowest BCUT2D eigenvalue weighted by Gasteiger charge is -2.17. The summed E-state index contributed by atoms with van der Waals surface area (Å²) in [6.45, 7) is 6.25. The molecule has 21 heavy (non-hydrogen) atoms. The van der Waals surface area contributed by atoms with Gasteiger partial charge in [0, 0.05) is 4.88 Å². The molecular weight excluding hydrogens is 282 g/mol. The fourth-order valence-corrected chi connectivity index (χ4v) is 3.31. The zero-order chi connectivity index (χ0) is 14.8. The minimum Gasteiger partial charge on any atom is -0.376 e. The molecule has 0 saturated carbocycles. The van der Waals surface area contributed by atoms with E-state index in [1.165, 1.54) is 11.2 Å². The summed E-state index contributed by atoms with van der Waals surface area (Å²) in [5, 5.41) is 8.85. The van der Waals surface area contributed by atoms with Gasteiger partial charge in [0.15, 0.2) is 0 Å².